The fourth-order valence-corrected chi connectivity index (χ4v) is 1.75. The molecule has 0 bridgehead atoms. The van der Waals surface area contributed by atoms with Crippen molar-refractivity contribution in [3.8, 4) is 11.6 Å². The summed E-state index contributed by atoms with van der Waals surface area (Å²) in [5, 5.41) is 10.6. The Balaban J connectivity index is 2.30. The molecule has 1 heterocycles. The van der Waals surface area contributed by atoms with Crippen molar-refractivity contribution in [3.05, 3.63) is 50.0 Å². The molecule has 1 aromatic carbocycles. The first-order valence-corrected chi connectivity index (χ1v) is 6.04. The van der Waals surface area contributed by atoms with Crippen LogP contribution >= 0.6 is 22.6 Å². The van der Waals surface area contributed by atoms with Crippen LogP contribution in [0.15, 0.2) is 30.7 Å². The zero-order valence-corrected chi connectivity index (χ0v) is 11.5. The topological polar surface area (TPSA) is 78.2 Å². The van der Waals surface area contributed by atoms with Gasteiger partial charge in [-0.05, 0) is 41.1 Å². The Morgan fingerprint density at radius 1 is 1.44 bits per heavy atom. The molecule has 0 atom stereocenters. The summed E-state index contributed by atoms with van der Waals surface area (Å²) in [6, 6.07) is 4.42. The van der Waals surface area contributed by atoms with Crippen molar-refractivity contribution in [3.63, 3.8) is 0 Å². The molecular weight excluding hydrogens is 349 g/mol. The van der Waals surface area contributed by atoms with E-state index in [-0.39, 0.29) is 5.69 Å². The Hall–Kier alpha value is -1.77. The number of aryl methyl sites for hydroxylation is 1. The van der Waals surface area contributed by atoms with Gasteiger partial charge in [-0.25, -0.2) is 9.97 Å². The zero-order valence-electron chi connectivity index (χ0n) is 9.33. The maximum atomic E-state index is 10.6. The molecular formula is C11H8IN3O3. The molecule has 0 aliphatic heterocycles. The van der Waals surface area contributed by atoms with Gasteiger partial charge >= 0.3 is 0 Å². The second kappa shape index (κ2) is 5.25. The van der Waals surface area contributed by atoms with Crippen LogP contribution in [0.4, 0.5) is 5.69 Å². The van der Waals surface area contributed by atoms with Crippen molar-refractivity contribution in [1.29, 1.82) is 0 Å². The van der Waals surface area contributed by atoms with E-state index in [0.29, 0.717) is 17.2 Å². The molecule has 0 aliphatic rings. The van der Waals surface area contributed by atoms with Crippen molar-refractivity contribution in [2.24, 2.45) is 0 Å². The van der Waals surface area contributed by atoms with E-state index in [0.717, 1.165) is 3.57 Å². The van der Waals surface area contributed by atoms with Gasteiger partial charge in [-0.3, -0.25) is 10.1 Å². The van der Waals surface area contributed by atoms with Gasteiger partial charge in [0, 0.05) is 18.3 Å². The number of non-ortho nitro benzene ring substituents is 1. The van der Waals surface area contributed by atoms with Crippen LogP contribution in [-0.2, 0) is 0 Å². The van der Waals surface area contributed by atoms with Crippen molar-refractivity contribution < 1.29 is 9.66 Å². The van der Waals surface area contributed by atoms with E-state index in [1.54, 1.807) is 19.2 Å². The molecule has 0 unspecified atom stereocenters. The largest absolute Gasteiger partial charge is 0.438 e. The average Bonchev–Trinajstić information content (AvgIpc) is 2.34. The van der Waals surface area contributed by atoms with Gasteiger partial charge in [0.05, 0.1) is 8.49 Å². The third-order valence-corrected chi connectivity index (χ3v) is 2.95. The number of hydrogen-bond donors (Lipinski definition) is 0. The summed E-state index contributed by atoms with van der Waals surface area (Å²) in [6.45, 7) is 1.75. The first-order chi connectivity index (χ1) is 8.58. The fourth-order valence-electron chi connectivity index (χ4n) is 1.34. The first kappa shape index (κ1) is 12.7. The lowest BCUT2D eigenvalue weighted by Gasteiger charge is -2.08. The molecule has 0 spiro atoms. The van der Waals surface area contributed by atoms with Crippen LogP contribution in [0.3, 0.4) is 0 Å². The van der Waals surface area contributed by atoms with Crippen molar-refractivity contribution in [2.45, 2.75) is 6.92 Å². The molecule has 0 saturated carbocycles. The summed E-state index contributed by atoms with van der Waals surface area (Å²) in [4.78, 5) is 18.0. The summed E-state index contributed by atoms with van der Waals surface area (Å²) in [7, 11) is 0. The van der Waals surface area contributed by atoms with E-state index in [4.69, 9.17) is 4.74 Å². The minimum Gasteiger partial charge on any atom is -0.438 e. The number of hydrogen-bond acceptors (Lipinski definition) is 5. The molecule has 2 aromatic rings. The van der Waals surface area contributed by atoms with Crippen molar-refractivity contribution in [1.82, 2.24) is 9.97 Å². The van der Waals surface area contributed by atoms with Crippen LogP contribution in [0.2, 0.25) is 0 Å². The molecule has 0 N–H and O–H groups in total. The predicted octanol–water partition coefficient (Wildman–Crippen LogP) is 3.09. The number of nitro groups is 1. The smallest absolute Gasteiger partial charge is 0.269 e. The molecule has 0 fully saturated rings. The summed E-state index contributed by atoms with van der Waals surface area (Å²) in [6.07, 6.45) is 3.02. The van der Waals surface area contributed by atoms with E-state index in [2.05, 4.69) is 32.6 Å². The Bertz CT molecular complexity index is 604. The summed E-state index contributed by atoms with van der Waals surface area (Å²) < 4.78 is 6.36. The average molecular weight is 357 g/mol. The number of ether oxygens (including phenoxy) is 1. The third-order valence-electron chi connectivity index (χ3n) is 2.21. The van der Waals surface area contributed by atoms with Crippen LogP contribution < -0.4 is 4.74 Å². The van der Waals surface area contributed by atoms with Crippen molar-refractivity contribution >= 4 is 28.3 Å². The molecule has 0 amide bonds. The Morgan fingerprint density at radius 3 is 2.83 bits per heavy atom. The molecule has 92 valence electrons. The summed E-state index contributed by atoms with van der Waals surface area (Å²) in [5.74, 6) is 0.972. The molecule has 2 rings (SSSR count). The van der Waals surface area contributed by atoms with Crippen LogP contribution in [0.1, 0.15) is 5.56 Å². The summed E-state index contributed by atoms with van der Waals surface area (Å²) >= 11 is 2.06. The second-order valence-corrected chi connectivity index (χ2v) is 4.65. The highest BCUT2D eigenvalue weighted by atomic mass is 127. The van der Waals surface area contributed by atoms with Crippen molar-refractivity contribution in [2.75, 3.05) is 0 Å². The Labute approximate surface area is 116 Å². The monoisotopic (exact) mass is 357 g/mol. The number of rotatable bonds is 3. The number of halogens is 1. The maximum absolute atomic E-state index is 10.6. The van der Waals surface area contributed by atoms with Crippen LogP contribution in [-0.4, -0.2) is 14.9 Å². The second-order valence-electron chi connectivity index (χ2n) is 3.48. The lowest BCUT2D eigenvalue weighted by atomic mass is 10.2. The standard InChI is InChI=1S/C11H8IN3O3/c1-7-4-8(15(16)17)2-3-10(7)18-11-9(12)5-13-6-14-11/h2-6H,1H3. The van der Waals surface area contributed by atoms with E-state index in [1.165, 1.54) is 18.5 Å². The number of benzene rings is 1. The Kier molecular flexibility index (Phi) is 3.70. The molecule has 0 saturated heterocycles. The fraction of sp³-hybridized carbons (Fsp3) is 0.0909. The van der Waals surface area contributed by atoms with Gasteiger partial charge in [-0.1, -0.05) is 0 Å². The highest BCUT2D eigenvalue weighted by Gasteiger charge is 2.11. The third kappa shape index (κ3) is 2.73. The minimum atomic E-state index is -0.439. The normalized spacial score (nSPS) is 10.1. The molecule has 18 heavy (non-hydrogen) atoms. The Morgan fingerprint density at radius 2 is 2.22 bits per heavy atom. The molecule has 0 aliphatic carbocycles. The SMILES string of the molecule is Cc1cc([N+](=O)[O-])ccc1Oc1ncncc1I. The van der Waals surface area contributed by atoms with Gasteiger partial charge in [0.25, 0.3) is 5.69 Å². The van der Waals surface area contributed by atoms with E-state index < -0.39 is 4.92 Å². The maximum Gasteiger partial charge on any atom is 0.269 e. The van der Waals surface area contributed by atoms with Gasteiger partial charge in [0.15, 0.2) is 0 Å². The molecule has 6 nitrogen and oxygen atoms in total. The zero-order chi connectivity index (χ0) is 13.1. The highest BCUT2D eigenvalue weighted by molar-refractivity contribution is 14.1. The van der Waals surface area contributed by atoms with Crippen LogP contribution in [0.5, 0.6) is 11.6 Å². The number of aromatic nitrogens is 2. The quantitative estimate of drug-likeness (QED) is 0.479. The molecule has 7 heteroatoms. The van der Waals surface area contributed by atoms with Crippen LogP contribution in [0.25, 0.3) is 0 Å². The minimum absolute atomic E-state index is 0.0391. The lowest BCUT2D eigenvalue weighted by Crippen LogP contribution is -1.95. The van der Waals surface area contributed by atoms with E-state index in [9.17, 15) is 10.1 Å². The first-order valence-electron chi connectivity index (χ1n) is 4.96. The summed E-state index contributed by atoms with van der Waals surface area (Å²) in [5.41, 5.74) is 0.718. The number of nitro benzene ring substituents is 1. The van der Waals surface area contributed by atoms with Gasteiger partial charge in [-0.2, -0.15) is 0 Å². The molecule has 1 aromatic heterocycles. The van der Waals surface area contributed by atoms with Gasteiger partial charge in [-0.15, -0.1) is 0 Å². The lowest BCUT2D eigenvalue weighted by molar-refractivity contribution is -0.384. The molecule has 0 radical (unpaired) electrons. The van der Waals surface area contributed by atoms with Gasteiger partial charge in [0.1, 0.15) is 12.1 Å². The van der Waals surface area contributed by atoms with E-state index in [1.807, 2.05) is 0 Å². The highest BCUT2D eigenvalue weighted by Crippen LogP contribution is 2.28. The number of nitrogens with zero attached hydrogens (tertiary/aromatic N) is 3. The predicted molar refractivity (Wildman–Crippen MR) is 72.7 cm³/mol. The van der Waals surface area contributed by atoms with Gasteiger partial charge < -0.3 is 4.74 Å². The van der Waals surface area contributed by atoms with E-state index >= 15 is 0 Å². The van der Waals surface area contributed by atoms with Crippen LogP contribution in [0, 0.1) is 20.6 Å². The van der Waals surface area contributed by atoms with Gasteiger partial charge in [0.2, 0.25) is 5.88 Å².